The van der Waals surface area contributed by atoms with Gasteiger partial charge in [0.05, 0.1) is 4.92 Å². The summed E-state index contributed by atoms with van der Waals surface area (Å²) in [6.07, 6.45) is 1.92. The average molecular weight is 365 g/mol. The first-order chi connectivity index (χ1) is 11.6. The Labute approximate surface area is 146 Å². The van der Waals surface area contributed by atoms with Crippen LogP contribution in [0.4, 0.5) is 16.5 Å². The minimum absolute atomic E-state index is 0.0223. The normalized spacial score (nSPS) is 10.2. The minimum Gasteiger partial charge on any atom is -0.379 e. The lowest BCUT2D eigenvalue weighted by molar-refractivity contribution is -0.384. The van der Waals surface area contributed by atoms with Crippen molar-refractivity contribution in [2.75, 3.05) is 22.9 Å². The second kappa shape index (κ2) is 8.99. The third-order valence-electron chi connectivity index (χ3n) is 2.75. The van der Waals surface area contributed by atoms with Crippen LogP contribution in [0.15, 0.2) is 41.3 Å². The number of rotatable bonds is 9. The molecule has 0 radical (unpaired) electrons. The van der Waals surface area contributed by atoms with Crippen LogP contribution >= 0.6 is 23.1 Å². The molecule has 2 rings (SSSR count). The van der Waals surface area contributed by atoms with Crippen LogP contribution in [0.5, 0.6) is 0 Å². The Balaban J connectivity index is 1.80. The molecule has 1 amide bonds. The van der Waals surface area contributed by atoms with Crippen LogP contribution in [0.3, 0.4) is 0 Å². The number of anilines is 2. The van der Waals surface area contributed by atoms with Crippen molar-refractivity contribution < 1.29 is 9.72 Å². The molecular formula is C14H15N5O3S2. The van der Waals surface area contributed by atoms with Gasteiger partial charge in [-0.1, -0.05) is 41.3 Å². The summed E-state index contributed by atoms with van der Waals surface area (Å²) in [6, 6.07) is 6.29. The van der Waals surface area contributed by atoms with Gasteiger partial charge in [0.1, 0.15) is 5.69 Å². The molecule has 0 aliphatic carbocycles. The zero-order valence-corrected chi connectivity index (χ0v) is 14.2. The van der Waals surface area contributed by atoms with Crippen LogP contribution in [0, 0.1) is 10.1 Å². The first-order valence-electron chi connectivity index (χ1n) is 6.94. The third kappa shape index (κ3) is 5.32. The molecule has 0 unspecified atom stereocenters. The van der Waals surface area contributed by atoms with Crippen LogP contribution in [0.1, 0.15) is 6.42 Å². The molecule has 1 aromatic heterocycles. The lowest BCUT2D eigenvalue weighted by Gasteiger charge is -2.06. The van der Waals surface area contributed by atoms with Gasteiger partial charge in [0.2, 0.25) is 11.0 Å². The van der Waals surface area contributed by atoms with Gasteiger partial charge < -0.3 is 10.6 Å². The van der Waals surface area contributed by atoms with Gasteiger partial charge >= 0.3 is 0 Å². The molecule has 0 saturated carbocycles. The fourth-order valence-electron chi connectivity index (χ4n) is 1.72. The van der Waals surface area contributed by atoms with E-state index in [4.69, 9.17) is 0 Å². The fourth-order valence-corrected chi connectivity index (χ4v) is 3.25. The Morgan fingerprint density at radius 1 is 1.42 bits per heavy atom. The van der Waals surface area contributed by atoms with Crippen molar-refractivity contribution in [3.8, 4) is 0 Å². The molecule has 2 aromatic rings. The van der Waals surface area contributed by atoms with Crippen molar-refractivity contribution in [2.24, 2.45) is 0 Å². The van der Waals surface area contributed by atoms with Crippen LogP contribution < -0.4 is 10.6 Å². The number of para-hydroxylation sites is 2. The summed E-state index contributed by atoms with van der Waals surface area (Å²) in [5.41, 5.74) is 0.361. The molecule has 2 N–H and O–H groups in total. The van der Waals surface area contributed by atoms with Crippen molar-refractivity contribution >= 4 is 45.5 Å². The number of nitrogens with one attached hydrogen (secondary N) is 2. The van der Waals surface area contributed by atoms with E-state index in [9.17, 15) is 14.9 Å². The Hall–Kier alpha value is -2.46. The van der Waals surface area contributed by atoms with Crippen LogP contribution in [-0.4, -0.2) is 33.3 Å². The largest absolute Gasteiger partial charge is 0.379 e. The quantitative estimate of drug-likeness (QED) is 0.231. The van der Waals surface area contributed by atoms with E-state index in [0.29, 0.717) is 10.8 Å². The molecular weight excluding hydrogens is 350 g/mol. The van der Waals surface area contributed by atoms with Crippen molar-refractivity contribution in [1.29, 1.82) is 0 Å². The number of hydrogen-bond donors (Lipinski definition) is 2. The second-order valence-corrected chi connectivity index (χ2v) is 6.72. The maximum absolute atomic E-state index is 11.9. The summed E-state index contributed by atoms with van der Waals surface area (Å²) < 4.78 is 0.753. The molecule has 8 nitrogen and oxygen atoms in total. The number of hydrogen-bond acceptors (Lipinski definition) is 8. The Bertz CT molecular complexity index is 735. The number of carbonyl (C=O) groups excluding carboxylic acids is 1. The standard InChI is InChI=1S/C14H15N5O3S2/c1-2-9-23-14-18-17-13(24-14)16-12(20)7-8-15-10-5-3-4-6-11(10)19(21)22/h2-6,15H,1,7-9H2,(H,16,17,20). The number of benzene rings is 1. The van der Waals surface area contributed by atoms with Gasteiger partial charge in [-0.2, -0.15) is 0 Å². The van der Waals surface area contributed by atoms with Gasteiger partial charge in [0, 0.05) is 24.8 Å². The topological polar surface area (TPSA) is 110 Å². The van der Waals surface area contributed by atoms with Gasteiger partial charge in [-0.3, -0.25) is 14.9 Å². The highest BCUT2D eigenvalue weighted by Gasteiger charge is 2.12. The Morgan fingerprint density at radius 3 is 2.96 bits per heavy atom. The third-order valence-corrected chi connectivity index (χ3v) is 4.71. The van der Waals surface area contributed by atoms with Gasteiger partial charge in [0.15, 0.2) is 4.34 Å². The average Bonchev–Trinajstić information content (AvgIpc) is 3.00. The van der Waals surface area contributed by atoms with Crippen LogP contribution in [0.2, 0.25) is 0 Å². The maximum Gasteiger partial charge on any atom is 0.292 e. The summed E-state index contributed by atoms with van der Waals surface area (Å²) in [5.74, 6) is 0.486. The van der Waals surface area contributed by atoms with E-state index < -0.39 is 4.92 Å². The first kappa shape index (κ1) is 17.9. The predicted molar refractivity (Wildman–Crippen MR) is 95.7 cm³/mol. The molecule has 0 bridgehead atoms. The number of carbonyl (C=O) groups is 1. The summed E-state index contributed by atoms with van der Waals surface area (Å²) in [7, 11) is 0. The Kier molecular flexibility index (Phi) is 6.70. The first-order valence-corrected chi connectivity index (χ1v) is 8.74. The van der Waals surface area contributed by atoms with Crippen molar-refractivity contribution in [3.63, 3.8) is 0 Å². The van der Waals surface area contributed by atoms with E-state index in [0.717, 1.165) is 10.1 Å². The summed E-state index contributed by atoms with van der Waals surface area (Å²) in [4.78, 5) is 22.3. The van der Waals surface area contributed by atoms with Crippen molar-refractivity contribution in [1.82, 2.24) is 10.2 Å². The molecule has 1 heterocycles. The van der Waals surface area contributed by atoms with E-state index in [2.05, 4.69) is 27.4 Å². The fraction of sp³-hybridized carbons (Fsp3) is 0.214. The van der Waals surface area contributed by atoms with Gasteiger partial charge in [-0.25, -0.2) is 0 Å². The molecule has 0 saturated heterocycles. The Morgan fingerprint density at radius 2 is 2.21 bits per heavy atom. The van der Waals surface area contributed by atoms with Crippen molar-refractivity contribution in [3.05, 3.63) is 47.0 Å². The zero-order chi connectivity index (χ0) is 17.4. The molecule has 126 valence electrons. The summed E-state index contributed by atoms with van der Waals surface area (Å²) in [6.45, 7) is 3.89. The highest BCUT2D eigenvalue weighted by molar-refractivity contribution is 8.01. The number of nitrogens with zero attached hydrogens (tertiary/aromatic N) is 3. The summed E-state index contributed by atoms with van der Waals surface area (Å²) >= 11 is 2.78. The number of thioether (sulfide) groups is 1. The lowest BCUT2D eigenvalue weighted by Crippen LogP contribution is -2.16. The monoisotopic (exact) mass is 365 g/mol. The van der Waals surface area contributed by atoms with E-state index in [1.807, 2.05) is 0 Å². The van der Waals surface area contributed by atoms with Gasteiger partial charge in [0.25, 0.3) is 5.69 Å². The van der Waals surface area contributed by atoms with E-state index in [-0.39, 0.29) is 24.6 Å². The van der Waals surface area contributed by atoms with Gasteiger partial charge in [-0.15, -0.1) is 16.8 Å². The molecule has 0 atom stereocenters. The predicted octanol–water partition coefficient (Wildman–Crippen LogP) is 3.17. The highest BCUT2D eigenvalue weighted by Crippen LogP contribution is 2.25. The number of aromatic nitrogens is 2. The minimum atomic E-state index is -0.466. The number of nitro benzene ring substituents is 1. The van der Waals surface area contributed by atoms with E-state index in [1.54, 1.807) is 24.3 Å². The molecule has 0 spiro atoms. The van der Waals surface area contributed by atoms with Gasteiger partial charge in [-0.05, 0) is 6.07 Å². The molecule has 0 aliphatic rings. The molecule has 1 aromatic carbocycles. The molecule has 0 fully saturated rings. The number of nitro groups is 1. The highest BCUT2D eigenvalue weighted by atomic mass is 32.2. The van der Waals surface area contributed by atoms with Crippen molar-refractivity contribution in [2.45, 2.75) is 10.8 Å². The van der Waals surface area contributed by atoms with Crippen LogP contribution in [-0.2, 0) is 4.79 Å². The lowest BCUT2D eigenvalue weighted by atomic mass is 10.2. The number of amides is 1. The van der Waals surface area contributed by atoms with Crippen LogP contribution in [0.25, 0.3) is 0 Å². The van der Waals surface area contributed by atoms with E-state index >= 15 is 0 Å². The second-order valence-electron chi connectivity index (χ2n) is 4.47. The molecule has 0 aliphatic heterocycles. The zero-order valence-electron chi connectivity index (χ0n) is 12.6. The molecule has 10 heteroatoms. The maximum atomic E-state index is 11.9. The SMILES string of the molecule is C=CCSc1nnc(NC(=O)CCNc2ccccc2[N+](=O)[O-])s1. The van der Waals surface area contributed by atoms with E-state index in [1.165, 1.54) is 29.2 Å². The summed E-state index contributed by atoms with van der Waals surface area (Å²) in [5, 5.41) is 24.7. The smallest absolute Gasteiger partial charge is 0.292 e. The molecule has 24 heavy (non-hydrogen) atoms.